The van der Waals surface area contributed by atoms with E-state index < -0.39 is 6.04 Å². The van der Waals surface area contributed by atoms with Gasteiger partial charge in [0.1, 0.15) is 0 Å². The number of pyridine rings is 1. The van der Waals surface area contributed by atoms with Crippen molar-refractivity contribution in [2.24, 2.45) is 17.6 Å². The molecule has 3 rings (SSSR count). The third kappa shape index (κ3) is 4.10. The zero-order valence-electron chi connectivity index (χ0n) is 15.5. The lowest BCUT2D eigenvalue weighted by Crippen LogP contribution is -2.46. The first-order valence-corrected chi connectivity index (χ1v) is 9.37. The van der Waals surface area contributed by atoms with Gasteiger partial charge in [0.05, 0.1) is 6.04 Å². The van der Waals surface area contributed by atoms with Gasteiger partial charge in [-0.3, -0.25) is 14.6 Å². The van der Waals surface area contributed by atoms with Gasteiger partial charge in [-0.1, -0.05) is 19.1 Å². The first-order chi connectivity index (χ1) is 12.5. The molecule has 26 heavy (non-hydrogen) atoms. The zero-order valence-corrected chi connectivity index (χ0v) is 15.5. The topological polar surface area (TPSA) is 76.3 Å². The van der Waals surface area contributed by atoms with E-state index in [9.17, 15) is 9.59 Å². The largest absolute Gasteiger partial charge is 0.341 e. The average molecular weight is 353 g/mol. The number of carbonyl (C=O) groups is 2. The van der Waals surface area contributed by atoms with Gasteiger partial charge >= 0.3 is 0 Å². The van der Waals surface area contributed by atoms with Gasteiger partial charge in [0.15, 0.2) is 5.78 Å². The van der Waals surface area contributed by atoms with Gasteiger partial charge in [-0.25, -0.2) is 0 Å². The van der Waals surface area contributed by atoms with Gasteiger partial charge in [-0.15, -0.1) is 0 Å². The van der Waals surface area contributed by atoms with Crippen molar-refractivity contribution in [3.05, 3.63) is 42.2 Å². The molecule has 1 aliphatic rings. The summed E-state index contributed by atoms with van der Waals surface area (Å²) in [6, 6.07) is 7.30. The summed E-state index contributed by atoms with van der Waals surface area (Å²) in [4.78, 5) is 30.7. The molecule has 0 radical (unpaired) electrons. The molecule has 1 aromatic carbocycles. The molecule has 0 saturated carbocycles. The van der Waals surface area contributed by atoms with Gasteiger partial charge in [0.25, 0.3) is 0 Å². The van der Waals surface area contributed by atoms with Crippen LogP contribution in [0.15, 0.2) is 36.7 Å². The van der Waals surface area contributed by atoms with Gasteiger partial charge < -0.3 is 10.6 Å². The van der Waals surface area contributed by atoms with Gasteiger partial charge in [0.2, 0.25) is 5.91 Å². The van der Waals surface area contributed by atoms with E-state index >= 15 is 0 Å². The van der Waals surface area contributed by atoms with E-state index in [0.29, 0.717) is 18.3 Å². The molecule has 1 unspecified atom stereocenters. The highest BCUT2D eigenvalue weighted by Crippen LogP contribution is 2.28. The summed E-state index contributed by atoms with van der Waals surface area (Å²) in [5, 5.41) is 2.09. The SMILES string of the molecule is CC(CC(=O)c1ccc2cnccc2c1)C1CCN(C(=O)[C@H](C)N)CC1. The average Bonchev–Trinajstić information content (AvgIpc) is 2.67. The number of ketones is 1. The monoisotopic (exact) mass is 353 g/mol. The van der Waals surface area contributed by atoms with Crippen molar-refractivity contribution in [3.8, 4) is 0 Å². The van der Waals surface area contributed by atoms with E-state index in [0.717, 1.165) is 42.3 Å². The van der Waals surface area contributed by atoms with Crippen LogP contribution >= 0.6 is 0 Å². The molecule has 138 valence electrons. The van der Waals surface area contributed by atoms with Crippen LogP contribution in [0, 0.1) is 11.8 Å². The van der Waals surface area contributed by atoms with Crippen LogP contribution in [0.1, 0.15) is 43.5 Å². The van der Waals surface area contributed by atoms with Gasteiger partial charge in [-0.05, 0) is 49.1 Å². The number of hydrogen-bond donors (Lipinski definition) is 1. The minimum atomic E-state index is -0.436. The van der Waals surface area contributed by atoms with E-state index in [-0.39, 0.29) is 11.7 Å². The summed E-state index contributed by atoms with van der Waals surface area (Å²) in [6.07, 6.45) is 5.98. The van der Waals surface area contributed by atoms with Crippen LogP contribution in [0.2, 0.25) is 0 Å². The van der Waals surface area contributed by atoms with Crippen LogP contribution in [-0.2, 0) is 4.79 Å². The molecule has 0 aliphatic carbocycles. The third-order valence-corrected chi connectivity index (χ3v) is 5.52. The van der Waals surface area contributed by atoms with Gasteiger partial charge in [-0.2, -0.15) is 0 Å². The van der Waals surface area contributed by atoms with Gasteiger partial charge in [0, 0.05) is 42.9 Å². The van der Waals surface area contributed by atoms with E-state index in [1.807, 2.05) is 35.4 Å². The molecule has 5 heteroatoms. The summed E-state index contributed by atoms with van der Waals surface area (Å²) >= 11 is 0. The predicted molar refractivity (Wildman–Crippen MR) is 103 cm³/mol. The first kappa shape index (κ1) is 18.5. The van der Waals surface area contributed by atoms with Crippen molar-refractivity contribution >= 4 is 22.5 Å². The summed E-state index contributed by atoms with van der Waals surface area (Å²) in [5.41, 5.74) is 6.46. The summed E-state index contributed by atoms with van der Waals surface area (Å²) in [7, 11) is 0. The van der Waals surface area contributed by atoms with Crippen molar-refractivity contribution < 1.29 is 9.59 Å². The molecule has 2 N–H and O–H groups in total. The predicted octanol–water partition coefficient (Wildman–Crippen LogP) is 3.03. The zero-order chi connectivity index (χ0) is 18.7. The number of nitrogens with two attached hydrogens (primary N) is 1. The highest BCUT2D eigenvalue weighted by atomic mass is 16.2. The number of Topliss-reactive ketones (excluding diaryl/α,β-unsaturated/α-hetero) is 1. The Morgan fingerprint density at radius 3 is 2.62 bits per heavy atom. The molecule has 2 aromatic rings. The number of rotatable bonds is 5. The molecule has 1 aliphatic heterocycles. The number of hydrogen-bond acceptors (Lipinski definition) is 4. The smallest absolute Gasteiger partial charge is 0.239 e. The molecule has 2 heterocycles. The van der Waals surface area contributed by atoms with Crippen LogP contribution in [0.25, 0.3) is 10.8 Å². The molecule has 1 amide bonds. The first-order valence-electron chi connectivity index (χ1n) is 9.37. The lowest BCUT2D eigenvalue weighted by Gasteiger charge is -2.35. The highest BCUT2D eigenvalue weighted by molar-refractivity contribution is 5.99. The molecule has 1 aromatic heterocycles. The number of benzene rings is 1. The van der Waals surface area contributed by atoms with E-state index in [2.05, 4.69) is 11.9 Å². The fraction of sp³-hybridized carbons (Fsp3) is 0.476. The standard InChI is InChI=1S/C21H27N3O2/c1-14(16-6-9-24(10-7-16)21(26)15(2)22)11-20(25)18-3-4-19-13-23-8-5-17(19)12-18/h3-5,8,12-16H,6-7,9-11,22H2,1-2H3/t14?,15-/m0/s1. The Bertz CT molecular complexity index is 795. The molecular formula is C21H27N3O2. The molecule has 2 atom stereocenters. The maximum absolute atomic E-state index is 12.7. The second kappa shape index (κ2) is 7.96. The fourth-order valence-corrected chi connectivity index (χ4v) is 3.81. The van der Waals surface area contributed by atoms with E-state index in [1.54, 1.807) is 13.1 Å². The van der Waals surface area contributed by atoms with E-state index in [4.69, 9.17) is 5.73 Å². The van der Waals surface area contributed by atoms with E-state index in [1.165, 1.54) is 0 Å². The Hall–Kier alpha value is -2.27. The highest BCUT2D eigenvalue weighted by Gasteiger charge is 2.28. The lowest BCUT2D eigenvalue weighted by molar-refractivity contribution is -0.133. The molecule has 1 fully saturated rings. The molecule has 0 bridgehead atoms. The Morgan fingerprint density at radius 1 is 1.19 bits per heavy atom. The van der Waals surface area contributed by atoms with Crippen molar-refractivity contribution in [2.75, 3.05) is 13.1 Å². The van der Waals surface area contributed by atoms with Crippen LogP contribution in [-0.4, -0.2) is 40.7 Å². The number of amides is 1. The van der Waals surface area contributed by atoms with Crippen LogP contribution in [0.3, 0.4) is 0 Å². The molecule has 5 nitrogen and oxygen atoms in total. The molecular weight excluding hydrogens is 326 g/mol. The Kier molecular flexibility index (Phi) is 5.67. The number of aromatic nitrogens is 1. The minimum absolute atomic E-state index is 0.0258. The molecule has 0 spiro atoms. The van der Waals surface area contributed by atoms with Crippen LogP contribution in [0.5, 0.6) is 0 Å². The van der Waals surface area contributed by atoms with Crippen molar-refractivity contribution in [2.45, 2.75) is 39.2 Å². The maximum atomic E-state index is 12.7. The minimum Gasteiger partial charge on any atom is -0.341 e. The summed E-state index contributed by atoms with van der Waals surface area (Å²) in [6.45, 7) is 5.37. The van der Waals surface area contributed by atoms with Crippen LogP contribution in [0.4, 0.5) is 0 Å². The van der Waals surface area contributed by atoms with Crippen LogP contribution < -0.4 is 5.73 Å². The Labute approximate surface area is 154 Å². The lowest BCUT2D eigenvalue weighted by atomic mass is 9.81. The molecule has 1 saturated heterocycles. The number of piperidine rings is 1. The second-order valence-electron chi connectivity index (χ2n) is 7.49. The summed E-state index contributed by atoms with van der Waals surface area (Å²) in [5.74, 6) is 0.993. The Balaban J connectivity index is 1.58. The summed E-state index contributed by atoms with van der Waals surface area (Å²) < 4.78 is 0. The third-order valence-electron chi connectivity index (χ3n) is 5.52. The number of carbonyl (C=O) groups excluding carboxylic acids is 2. The van der Waals surface area contributed by atoms with Crippen molar-refractivity contribution in [3.63, 3.8) is 0 Å². The number of nitrogens with zero attached hydrogens (tertiary/aromatic N) is 2. The maximum Gasteiger partial charge on any atom is 0.239 e. The normalized spacial score (nSPS) is 17.9. The fourth-order valence-electron chi connectivity index (χ4n) is 3.81. The Morgan fingerprint density at radius 2 is 1.92 bits per heavy atom. The quantitative estimate of drug-likeness (QED) is 0.838. The van der Waals surface area contributed by atoms with Crippen molar-refractivity contribution in [1.29, 1.82) is 0 Å². The number of likely N-dealkylation sites (tertiary alicyclic amines) is 1. The van der Waals surface area contributed by atoms with Crippen molar-refractivity contribution in [1.82, 2.24) is 9.88 Å². The second-order valence-corrected chi connectivity index (χ2v) is 7.49. The number of fused-ring (bicyclic) bond motifs is 1.